The summed E-state index contributed by atoms with van der Waals surface area (Å²) in [6.07, 6.45) is -0.547. The van der Waals surface area contributed by atoms with Crippen LogP contribution in [0, 0.1) is 0 Å². The van der Waals surface area contributed by atoms with E-state index in [0.29, 0.717) is 22.7 Å². The smallest absolute Gasteiger partial charge is 0.255 e. The van der Waals surface area contributed by atoms with Crippen molar-refractivity contribution in [3.8, 4) is 11.5 Å². The first-order valence-corrected chi connectivity index (χ1v) is 7.72. The van der Waals surface area contributed by atoms with Crippen molar-refractivity contribution >= 4 is 17.5 Å². The highest BCUT2D eigenvalue weighted by Gasteiger charge is 2.32. The van der Waals surface area contributed by atoms with Gasteiger partial charge in [0.05, 0.1) is 32.0 Å². The van der Waals surface area contributed by atoms with Crippen molar-refractivity contribution in [1.29, 1.82) is 0 Å². The third kappa shape index (κ3) is 3.08. The van der Waals surface area contributed by atoms with Crippen LogP contribution in [0.2, 0.25) is 0 Å². The Hall–Kier alpha value is -3.22. The number of amides is 2. The molecule has 1 heterocycles. The van der Waals surface area contributed by atoms with Crippen LogP contribution in [0.5, 0.6) is 11.5 Å². The second-order valence-corrected chi connectivity index (χ2v) is 5.60. The molecule has 0 radical (unpaired) electrons. The first kappa shape index (κ1) is 16.6. The molecule has 0 aliphatic carbocycles. The number of nitrogens with two attached hydrogens (primary N) is 1. The van der Waals surface area contributed by atoms with E-state index in [4.69, 9.17) is 15.2 Å². The largest absolute Gasteiger partial charge is 0.493 e. The molecule has 3 rings (SSSR count). The van der Waals surface area contributed by atoms with E-state index in [-0.39, 0.29) is 12.5 Å². The van der Waals surface area contributed by atoms with Crippen LogP contribution in [0.3, 0.4) is 0 Å². The molecular weight excluding hydrogens is 322 g/mol. The summed E-state index contributed by atoms with van der Waals surface area (Å²) in [6.45, 7) is -0.0314. The average Bonchev–Trinajstić information content (AvgIpc) is 2.63. The number of fused-ring (bicyclic) bond motifs is 1. The van der Waals surface area contributed by atoms with Crippen molar-refractivity contribution in [2.24, 2.45) is 5.73 Å². The minimum absolute atomic E-state index is 0.0314. The van der Waals surface area contributed by atoms with Crippen molar-refractivity contribution in [3.05, 3.63) is 53.6 Å². The van der Waals surface area contributed by atoms with E-state index in [1.165, 1.54) is 7.11 Å². The first-order chi connectivity index (χ1) is 12.0. The number of rotatable bonds is 5. The number of nitrogens with zero attached hydrogens (tertiary/aromatic N) is 1. The van der Waals surface area contributed by atoms with Crippen LogP contribution in [0.15, 0.2) is 42.5 Å². The molecule has 7 nitrogen and oxygen atoms in total. The number of nitrogens with one attached hydrogen (secondary N) is 1. The lowest BCUT2D eigenvalue weighted by Crippen LogP contribution is -2.49. The van der Waals surface area contributed by atoms with Gasteiger partial charge in [-0.3, -0.25) is 9.59 Å². The van der Waals surface area contributed by atoms with E-state index in [1.54, 1.807) is 42.3 Å². The highest BCUT2D eigenvalue weighted by atomic mass is 16.5. The highest BCUT2D eigenvalue weighted by molar-refractivity contribution is 6.02. The summed E-state index contributed by atoms with van der Waals surface area (Å²) in [5, 5.41) is 2.92. The van der Waals surface area contributed by atoms with Crippen molar-refractivity contribution in [2.45, 2.75) is 6.17 Å². The van der Waals surface area contributed by atoms with Gasteiger partial charge < -0.3 is 25.4 Å². The minimum Gasteiger partial charge on any atom is -0.493 e. The van der Waals surface area contributed by atoms with Crippen LogP contribution in [0.4, 0.5) is 5.69 Å². The maximum Gasteiger partial charge on any atom is 0.255 e. The third-order valence-corrected chi connectivity index (χ3v) is 4.09. The molecule has 0 saturated carbocycles. The fraction of sp³-hybridized carbons (Fsp3) is 0.222. The molecule has 7 heteroatoms. The monoisotopic (exact) mass is 341 g/mol. The van der Waals surface area contributed by atoms with Crippen molar-refractivity contribution < 1.29 is 19.1 Å². The second-order valence-electron chi connectivity index (χ2n) is 5.60. The Morgan fingerprint density at radius 3 is 2.56 bits per heavy atom. The number of primary amides is 1. The van der Waals surface area contributed by atoms with E-state index in [0.717, 1.165) is 5.56 Å². The van der Waals surface area contributed by atoms with Gasteiger partial charge in [0.15, 0.2) is 11.5 Å². The SMILES string of the molecule is COc1ccc([C@@H]2NC(=O)c3ccccc3N2CC(N)=O)cc1OC. The van der Waals surface area contributed by atoms with Crippen molar-refractivity contribution in [2.75, 3.05) is 25.7 Å². The van der Waals surface area contributed by atoms with Crippen LogP contribution in [-0.2, 0) is 4.79 Å². The summed E-state index contributed by atoms with van der Waals surface area (Å²) >= 11 is 0. The number of ether oxygens (including phenoxy) is 2. The van der Waals surface area contributed by atoms with E-state index < -0.39 is 12.1 Å². The maximum absolute atomic E-state index is 12.5. The molecule has 25 heavy (non-hydrogen) atoms. The lowest BCUT2D eigenvalue weighted by Gasteiger charge is -2.38. The van der Waals surface area contributed by atoms with Crippen LogP contribution >= 0.6 is 0 Å². The predicted molar refractivity (Wildman–Crippen MR) is 92.7 cm³/mol. The standard InChI is InChI=1S/C18H19N3O4/c1-24-14-8-7-11(9-15(14)25-2)17-20-18(23)12-5-3-4-6-13(12)21(17)10-16(19)22/h3-9,17H,10H2,1-2H3,(H2,19,22)(H,20,23)/t17-/m1/s1. The number of hydrogen-bond acceptors (Lipinski definition) is 5. The van der Waals surface area contributed by atoms with Gasteiger partial charge in [-0.25, -0.2) is 0 Å². The maximum atomic E-state index is 12.5. The Morgan fingerprint density at radius 1 is 1.16 bits per heavy atom. The van der Waals surface area contributed by atoms with E-state index in [1.807, 2.05) is 12.1 Å². The van der Waals surface area contributed by atoms with Gasteiger partial charge in [-0.2, -0.15) is 0 Å². The van der Waals surface area contributed by atoms with E-state index in [2.05, 4.69) is 5.32 Å². The molecule has 1 aliphatic heterocycles. The van der Waals surface area contributed by atoms with Gasteiger partial charge in [0, 0.05) is 0 Å². The van der Waals surface area contributed by atoms with Crippen LogP contribution in [0.25, 0.3) is 0 Å². The van der Waals surface area contributed by atoms with Gasteiger partial charge in [-0.1, -0.05) is 18.2 Å². The molecule has 0 spiro atoms. The van der Waals surface area contributed by atoms with Crippen molar-refractivity contribution in [3.63, 3.8) is 0 Å². The topological polar surface area (TPSA) is 93.9 Å². The summed E-state index contributed by atoms with van der Waals surface area (Å²) in [5.41, 5.74) is 7.33. The fourth-order valence-corrected chi connectivity index (χ4v) is 2.97. The summed E-state index contributed by atoms with van der Waals surface area (Å²) in [6, 6.07) is 12.4. The van der Waals surface area contributed by atoms with Gasteiger partial charge in [0.1, 0.15) is 6.17 Å². The number of anilines is 1. The fourth-order valence-electron chi connectivity index (χ4n) is 2.97. The normalized spacial score (nSPS) is 16.0. The zero-order valence-corrected chi connectivity index (χ0v) is 14.0. The van der Waals surface area contributed by atoms with Gasteiger partial charge in [0.2, 0.25) is 5.91 Å². The Labute approximate surface area is 145 Å². The molecule has 1 atom stereocenters. The quantitative estimate of drug-likeness (QED) is 0.858. The number of carbonyl (C=O) groups is 2. The Bertz CT molecular complexity index is 822. The number of carbonyl (C=O) groups excluding carboxylic acids is 2. The molecule has 0 saturated heterocycles. The van der Waals surface area contributed by atoms with Gasteiger partial charge in [-0.15, -0.1) is 0 Å². The minimum atomic E-state index is -0.547. The molecule has 2 aromatic carbocycles. The van der Waals surface area contributed by atoms with Crippen LogP contribution in [-0.4, -0.2) is 32.6 Å². The average molecular weight is 341 g/mol. The Kier molecular flexibility index (Phi) is 4.47. The third-order valence-electron chi connectivity index (χ3n) is 4.09. The molecule has 2 amide bonds. The first-order valence-electron chi connectivity index (χ1n) is 7.72. The number of methoxy groups -OCH3 is 2. The summed E-state index contributed by atoms with van der Waals surface area (Å²) < 4.78 is 10.6. The number of hydrogen-bond donors (Lipinski definition) is 2. The zero-order chi connectivity index (χ0) is 18.0. The molecule has 3 N–H and O–H groups in total. The molecule has 2 aromatic rings. The second kappa shape index (κ2) is 6.72. The highest BCUT2D eigenvalue weighted by Crippen LogP contribution is 2.36. The van der Waals surface area contributed by atoms with Gasteiger partial charge >= 0.3 is 0 Å². The molecule has 0 bridgehead atoms. The Balaban J connectivity index is 2.08. The summed E-state index contributed by atoms with van der Waals surface area (Å²) in [4.78, 5) is 25.8. The van der Waals surface area contributed by atoms with Crippen LogP contribution in [0.1, 0.15) is 22.1 Å². The lowest BCUT2D eigenvalue weighted by molar-refractivity contribution is -0.116. The van der Waals surface area contributed by atoms with E-state index in [9.17, 15) is 9.59 Å². The number of benzene rings is 2. The molecular formula is C18H19N3O4. The zero-order valence-electron chi connectivity index (χ0n) is 14.0. The number of para-hydroxylation sites is 1. The molecule has 0 aromatic heterocycles. The summed E-state index contributed by atoms with van der Waals surface area (Å²) in [5.74, 6) is 0.412. The Morgan fingerprint density at radius 2 is 1.88 bits per heavy atom. The van der Waals surface area contributed by atoms with Crippen molar-refractivity contribution in [1.82, 2.24) is 5.32 Å². The van der Waals surface area contributed by atoms with Gasteiger partial charge in [-0.05, 0) is 29.8 Å². The summed E-state index contributed by atoms with van der Waals surface area (Å²) in [7, 11) is 3.09. The molecule has 0 fully saturated rings. The molecule has 130 valence electrons. The van der Waals surface area contributed by atoms with Gasteiger partial charge in [0.25, 0.3) is 5.91 Å². The molecule has 1 aliphatic rings. The van der Waals surface area contributed by atoms with Crippen LogP contribution < -0.4 is 25.4 Å². The van der Waals surface area contributed by atoms with E-state index >= 15 is 0 Å². The predicted octanol–water partition coefficient (Wildman–Crippen LogP) is 1.44. The lowest BCUT2D eigenvalue weighted by atomic mass is 10.0. The molecule has 0 unspecified atom stereocenters.